The van der Waals surface area contributed by atoms with Crippen LogP contribution in [0.15, 0.2) is 24.3 Å². The molecule has 1 amide bonds. The van der Waals surface area contributed by atoms with Crippen LogP contribution < -0.4 is 5.12 Å². The van der Waals surface area contributed by atoms with E-state index in [0.29, 0.717) is 0 Å². The van der Waals surface area contributed by atoms with Crippen LogP contribution in [-0.4, -0.2) is 16.1 Å². The quantitative estimate of drug-likeness (QED) is 0.449. The summed E-state index contributed by atoms with van der Waals surface area (Å²) in [4.78, 5) is 19.7. The molecule has 14 heavy (non-hydrogen) atoms. The molecule has 0 bridgehead atoms. The lowest BCUT2D eigenvalue weighted by Crippen LogP contribution is -2.18. The standard InChI is InChI=1S/C7H5FN2O4/c8-9(7(11)12)5-2-1-3-6(4-5)10(13)14/h1-4H,(H,11,12). The molecule has 0 fully saturated rings. The van der Waals surface area contributed by atoms with Crippen molar-refractivity contribution in [3.63, 3.8) is 0 Å². The normalized spacial score (nSPS) is 9.50. The summed E-state index contributed by atoms with van der Waals surface area (Å²) in [5, 5.41) is 17.9. The first kappa shape index (κ1) is 9.90. The summed E-state index contributed by atoms with van der Waals surface area (Å²) in [7, 11) is 0. The second-order valence-corrected chi connectivity index (χ2v) is 2.34. The number of nitro benzene ring substituents is 1. The van der Waals surface area contributed by atoms with E-state index in [1.165, 1.54) is 6.07 Å². The number of hydrogen-bond acceptors (Lipinski definition) is 3. The van der Waals surface area contributed by atoms with Gasteiger partial charge in [0.25, 0.3) is 5.69 Å². The lowest BCUT2D eigenvalue weighted by atomic mass is 10.3. The predicted octanol–water partition coefficient (Wildman–Crippen LogP) is 1.96. The lowest BCUT2D eigenvalue weighted by molar-refractivity contribution is -0.384. The maximum atomic E-state index is 12.7. The summed E-state index contributed by atoms with van der Waals surface area (Å²) in [6, 6.07) is 4.28. The van der Waals surface area contributed by atoms with Gasteiger partial charge in [-0.15, -0.1) is 5.12 Å². The molecule has 0 aromatic heterocycles. The van der Waals surface area contributed by atoms with Gasteiger partial charge in [-0.25, -0.2) is 4.79 Å². The largest absolute Gasteiger partial charge is 0.463 e. The zero-order chi connectivity index (χ0) is 10.7. The molecule has 1 rings (SSSR count). The molecule has 74 valence electrons. The number of nitrogens with zero attached hydrogens (tertiary/aromatic N) is 2. The van der Waals surface area contributed by atoms with E-state index in [0.717, 1.165) is 18.2 Å². The second-order valence-electron chi connectivity index (χ2n) is 2.34. The third-order valence-electron chi connectivity index (χ3n) is 1.44. The maximum absolute atomic E-state index is 12.7. The summed E-state index contributed by atoms with van der Waals surface area (Å²) < 4.78 is 12.7. The zero-order valence-electron chi connectivity index (χ0n) is 6.75. The third kappa shape index (κ3) is 1.94. The van der Waals surface area contributed by atoms with Gasteiger partial charge in [0.2, 0.25) is 0 Å². The van der Waals surface area contributed by atoms with Crippen molar-refractivity contribution in [3.05, 3.63) is 34.4 Å². The van der Waals surface area contributed by atoms with Crippen LogP contribution in [0.25, 0.3) is 0 Å². The van der Waals surface area contributed by atoms with Crippen molar-refractivity contribution in [2.75, 3.05) is 5.12 Å². The van der Waals surface area contributed by atoms with Gasteiger partial charge in [0.1, 0.15) is 0 Å². The van der Waals surface area contributed by atoms with Crippen molar-refractivity contribution in [2.24, 2.45) is 0 Å². The highest BCUT2D eigenvalue weighted by Gasteiger charge is 2.16. The Morgan fingerprint density at radius 3 is 2.71 bits per heavy atom. The van der Waals surface area contributed by atoms with Crippen LogP contribution in [0, 0.1) is 10.1 Å². The van der Waals surface area contributed by atoms with Crippen LogP contribution >= 0.6 is 0 Å². The monoisotopic (exact) mass is 200 g/mol. The fourth-order valence-corrected chi connectivity index (χ4v) is 0.839. The fraction of sp³-hybridized carbons (Fsp3) is 0. The third-order valence-corrected chi connectivity index (χ3v) is 1.44. The summed E-state index contributed by atoms with van der Waals surface area (Å²) in [5.41, 5.74) is -0.766. The molecule has 1 aromatic rings. The molecule has 0 aliphatic heterocycles. The topological polar surface area (TPSA) is 83.7 Å². The van der Waals surface area contributed by atoms with E-state index in [4.69, 9.17) is 5.11 Å². The summed E-state index contributed by atoms with van der Waals surface area (Å²) in [6.07, 6.45) is -1.83. The number of rotatable bonds is 2. The highest BCUT2D eigenvalue weighted by atomic mass is 19.2. The van der Waals surface area contributed by atoms with Crippen LogP contribution in [0.4, 0.5) is 20.7 Å². The highest BCUT2D eigenvalue weighted by molar-refractivity contribution is 5.83. The molecule has 1 N–H and O–H groups in total. The Morgan fingerprint density at radius 1 is 1.57 bits per heavy atom. The van der Waals surface area contributed by atoms with E-state index in [1.807, 2.05) is 0 Å². The predicted molar refractivity (Wildman–Crippen MR) is 44.7 cm³/mol. The van der Waals surface area contributed by atoms with E-state index in [1.54, 1.807) is 0 Å². The molecule has 1 aromatic carbocycles. The zero-order valence-corrected chi connectivity index (χ0v) is 6.75. The van der Waals surface area contributed by atoms with Crippen molar-refractivity contribution in [3.8, 4) is 0 Å². The molecule has 0 saturated heterocycles. The van der Waals surface area contributed by atoms with Gasteiger partial charge in [0, 0.05) is 12.1 Å². The molecular formula is C7H5FN2O4. The van der Waals surface area contributed by atoms with Crippen molar-refractivity contribution >= 4 is 17.5 Å². The van der Waals surface area contributed by atoms with Crippen molar-refractivity contribution in [1.82, 2.24) is 0 Å². The molecule has 7 heteroatoms. The number of non-ortho nitro benzene ring substituents is 1. The first-order chi connectivity index (χ1) is 6.52. The number of benzene rings is 1. The number of carboxylic acid groups (broad SMARTS) is 1. The summed E-state index contributed by atoms with van der Waals surface area (Å²) in [6.45, 7) is 0. The number of halogens is 1. The number of anilines is 1. The molecule has 0 saturated carbocycles. The van der Waals surface area contributed by atoms with Gasteiger partial charge in [-0.05, 0) is 6.07 Å². The number of nitro groups is 1. The average molecular weight is 200 g/mol. The fourth-order valence-electron chi connectivity index (χ4n) is 0.839. The van der Waals surface area contributed by atoms with Crippen LogP contribution in [0.3, 0.4) is 0 Å². The van der Waals surface area contributed by atoms with Gasteiger partial charge >= 0.3 is 6.09 Å². The summed E-state index contributed by atoms with van der Waals surface area (Å²) in [5.74, 6) is 0. The lowest BCUT2D eigenvalue weighted by Gasteiger charge is -2.06. The van der Waals surface area contributed by atoms with Crippen LogP contribution in [-0.2, 0) is 0 Å². The maximum Gasteiger partial charge on any atom is 0.440 e. The van der Waals surface area contributed by atoms with Crippen molar-refractivity contribution < 1.29 is 19.3 Å². The summed E-state index contributed by atoms with van der Waals surface area (Å²) >= 11 is 0. The van der Waals surface area contributed by atoms with Crippen molar-refractivity contribution in [1.29, 1.82) is 0 Å². The number of amides is 1. The molecule has 0 spiro atoms. The van der Waals surface area contributed by atoms with Gasteiger partial charge in [-0.2, -0.15) is 0 Å². The van der Waals surface area contributed by atoms with Crippen molar-refractivity contribution in [2.45, 2.75) is 0 Å². The Labute approximate surface area is 77.3 Å². The SMILES string of the molecule is O=C(O)N(F)c1cccc([N+](=O)[O-])c1. The molecule has 0 atom stereocenters. The van der Waals surface area contributed by atoms with E-state index in [9.17, 15) is 19.4 Å². The first-order valence-electron chi connectivity index (χ1n) is 3.45. The molecule has 0 aliphatic carbocycles. The van der Waals surface area contributed by atoms with Gasteiger partial charge in [0.15, 0.2) is 0 Å². The molecule has 0 radical (unpaired) electrons. The Morgan fingerprint density at radius 2 is 2.21 bits per heavy atom. The van der Waals surface area contributed by atoms with Crippen LogP contribution in [0.1, 0.15) is 0 Å². The smallest absolute Gasteiger partial charge is 0.440 e. The van der Waals surface area contributed by atoms with E-state index in [2.05, 4.69) is 0 Å². The second kappa shape index (κ2) is 3.69. The molecule has 6 nitrogen and oxygen atoms in total. The highest BCUT2D eigenvalue weighted by Crippen LogP contribution is 2.21. The van der Waals surface area contributed by atoms with E-state index >= 15 is 0 Å². The Kier molecular flexibility index (Phi) is 2.61. The van der Waals surface area contributed by atoms with Crippen LogP contribution in [0.5, 0.6) is 0 Å². The van der Waals surface area contributed by atoms with Gasteiger partial charge < -0.3 is 5.11 Å². The average Bonchev–Trinajstić information content (AvgIpc) is 2.16. The molecule has 0 unspecified atom stereocenters. The van der Waals surface area contributed by atoms with Crippen LogP contribution in [0.2, 0.25) is 0 Å². The first-order valence-corrected chi connectivity index (χ1v) is 3.45. The number of hydrogen-bond donors (Lipinski definition) is 1. The number of carbonyl (C=O) groups is 1. The van der Waals surface area contributed by atoms with Gasteiger partial charge in [-0.3, -0.25) is 10.1 Å². The van der Waals surface area contributed by atoms with E-state index in [-0.39, 0.29) is 5.69 Å². The van der Waals surface area contributed by atoms with Gasteiger partial charge in [-0.1, -0.05) is 10.5 Å². The Hall–Kier alpha value is -2.18. The Balaban J connectivity index is 3.05. The molecule has 0 aliphatic rings. The van der Waals surface area contributed by atoms with E-state index < -0.39 is 21.8 Å². The Bertz CT molecular complexity index is 382. The van der Waals surface area contributed by atoms with Gasteiger partial charge in [0.05, 0.1) is 10.6 Å². The minimum atomic E-state index is -1.83. The molecule has 0 heterocycles. The molecular weight excluding hydrogens is 195 g/mol. The minimum absolute atomic E-state index is 0.369. The minimum Gasteiger partial charge on any atom is -0.463 e.